The van der Waals surface area contributed by atoms with Gasteiger partial charge in [0.25, 0.3) is 0 Å². The minimum atomic E-state index is -0.979. The molecule has 1 heterocycles. The highest BCUT2D eigenvalue weighted by Crippen LogP contribution is 2.27. The Labute approximate surface area is 146 Å². The molecule has 3 rings (SSSR count). The van der Waals surface area contributed by atoms with Crippen molar-refractivity contribution >= 4 is 17.6 Å². The van der Waals surface area contributed by atoms with E-state index in [1.807, 2.05) is 83.4 Å². The van der Waals surface area contributed by atoms with E-state index in [-0.39, 0.29) is 6.54 Å². The minimum absolute atomic E-state index is 0.227. The molecule has 0 aliphatic rings. The van der Waals surface area contributed by atoms with Gasteiger partial charge in [0, 0.05) is 25.8 Å². The third-order valence-electron chi connectivity index (χ3n) is 3.95. The van der Waals surface area contributed by atoms with E-state index >= 15 is 0 Å². The molecular weight excluding hydrogens is 316 g/mol. The number of hydrogen-bond acceptors (Lipinski definition) is 3. The Balaban J connectivity index is 2.03. The number of hydrogen-bond donors (Lipinski definition) is 1. The SMILES string of the molecule is CN(Cc1cc(N(C)c2ccccc2)n(-c2ccccc2)n1)C(=O)O. The first-order valence-corrected chi connectivity index (χ1v) is 7.93. The number of para-hydroxylation sites is 2. The lowest BCUT2D eigenvalue weighted by Gasteiger charge is -2.20. The summed E-state index contributed by atoms with van der Waals surface area (Å²) in [6, 6.07) is 21.7. The van der Waals surface area contributed by atoms with Gasteiger partial charge < -0.3 is 14.9 Å². The van der Waals surface area contributed by atoms with Crippen molar-refractivity contribution in [2.45, 2.75) is 6.54 Å². The van der Waals surface area contributed by atoms with Crippen LogP contribution in [-0.2, 0) is 6.54 Å². The van der Waals surface area contributed by atoms with Gasteiger partial charge in [0.1, 0.15) is 5.82 Å². The van der Waals surface area contributed by atoms with Crippen molar-refractivity contribution in [2.24, 2.45) is 0 Å². The van der Waals surface area contributed by atoms with E-state index in [0.29, 0.717) is 5.69 Å². The monoisotopic (exact) mass is 336 g/mol. The third kappa shape index (κ3) is 3.63. The van der Waals surface area contributed by atoms with Crippen LogP contribution in [0.4, 0.5) is 16.3 Å². The fourth-order valence-corrected chi connectivity index (χ4v) is 2.59. The summed E-state index contributed by atoms with van der Waals surface area (Å²) in [5.74, 6) is 0.867. The molecule has 1 aromatic heterocycles. The summed E-state index contributed by atoms with van der Waals surface area (Å²) in [7, 11) is 3.50. The zero-order valence-corrected chi connectivity index (χ0v) is 14.2. The van der Waals surface area contributed by atoms with Crippen molar-refractivity contribution in [3.05, 3.63) is 72.4 Å². The molecule has 6 heteroatoms. The van der Waals surface area contributed by atoms with Crippen LogP contribution in [0.15, 0.2) is 66.7 Å². The molecule has 1 amide bonds. The number of carbonyl (C=O) groups is 1. The Hall–Kier alpha value is -3.28. The fraction of sp³-hybridized carbons (Fsp3) is 0.158. The molecule has 1 N–H and O–H groups in total. The van der Waals surface area contributed by atoms with Crippen molar-refractivity contribution in [2.75, 3.05) is 19.0 Å². The molecule has 25 heavy (non-hydrogen) atoms. The largest absolute Gasteiger partial charge is 0.465 e. The Morgan fingerprint density at radius 1 is 1.04 bits per heavy atom. The topological polar surface area (TPSA) is 61.6 Å². The van der Waals surface area contributed by atoms with Gasteiger partial charge in [-0.3, -0.25) is 0 Å². The Bertz CT molecular complexity index is 846. The third-order valence-corrected chi connectivity index (χ3v) is 3.95. The van der Waals surface area contributed by atoms with Crippen LogP contribution >= 0.6 is 0 Å². The number of amides is 1. The summed E-state index contributed by atoms with van der Waals surface area (Å²) in [5, 5.41) is 13.7. The van der Waals surface area contributed by atoms with E-state index < -0.39 is 6.09 Å². The fourth-order valence-electron chi connectivity index (χ4n) is 2.59. The van der Waals surface area contributed by atoms with Crippen LogP contribution in [0.2, 0.25) is 0 Å². The molecule has 0 fully saturated rings. The number of carboxylic acid groups (broad SMARTS) is 1. The second-order valence-electron chi connectivity index (χ2n) is 5.77. The second-order valence-corrected chi connectivity index (χ2v) is 5.77. The van der Waals surface area contributed by atoms with E-state index in [0.717, 1.165) is 17.2 Å². The molecule has 0 unspecified atom stereocenters. The van der Waals surface area contributed by atoms with Gasteiger partial charge in [-0.05, 0) is 24.3 Å². The number of anilines is 2. The molecular formula is C19H20N4O2. The smallest absolute Gasteiger partial charge is 0.407 e. The highest BCUT2D eigenvalue weighted by atomic mass is 16.4. The van der Waals surface area contributed by atoms with Gasteiger partial charge in [0.05, 0.1) is 17.9 Å². The van der Waals surface area contributed by atoms with Crippen molar-refractivity contribution in [1.82, 2.24) is 14.7 Å². The molecule has 3 aromatic rings. The standard InChI is InChI=1S/C19H20N4O2/c1-21(19(24)25)14-15-13-18(22(2)16-9-5-3-6-10-16)23(20-15)17-11-7-4-8-12-17/h3-13H,14H2,1-2H3,(H,24,25). The predicted molar refractivity (Wildman–Crippen MR) is 97.6 cm³/mol. The molecule has 0 saturated carbocycles. The summed E-state index contributed by atoms with van der Waals surface area (Å²) >= 11 is 0. The van der Waals surface area contributed by atoms with Crippen LogP contribution in [0, 0.1) is 0 Å². The van der Waals surface area contributed by atoms with Crippen LogP contribution in [-0.4, -0.2) is 40.0 Å². The van der Waals surface area contributed by atoms with E-state index in [9.17, 15) is 4.79 Å². The summed E-state index contributed by atoms with van der Waals surface area (Å²) in [6.45, 7) is 0.227. The van der Waals surface area contributed by atoms with Crippen LogP contribution in [0.1, 0.15) is 5.69 Å². The highest BCUT2D eigenvalue weighted by molar-refractivity contribution is 5.65. The molecule has 0 aliphatic heterocycles. The summed E-state index contributed by atoms with van der Waals surface area (Å²) in [4.78, 5) is 14.3. The van der Waals surface area contributed by atoms with Crippen LogP contribution in [0.25, 0.3) is 5.69 Å². The van der Waals surface area contributed by atoms with Crippen LogP contribution < -0.4 is 4.90 Å². The van der Waals surface area contributed by atoms with E-state index in [1.54, 1.807) is 0 Å². The van der Waals surface area contributed by atoms with E-state index in [2.05, 4.69) is 5.10 Å². The van der Waals surface area contributed by atoms with Gasteiger partial charge in [0.2, 0.25) is 0 Å². The number of aromatic nitrogens is 2. The first kappa shape index (κ1) is 16.6. The maximum atomic E-state index is 11.1. The first-order chi connectivity index (χ1) is 12.1. The van der Waals surface area contributed by atoms with Crippen molar-refractivity contribution in [3.8, 4) is 5.69 Å². The van der Waals surface area contributed by atoms with Gasteiger partial charge in [-0.1, -0.05) is 36.4 Å². The van der Waals surface area contributed by atoms with Gasteiger partial charge in [-0.2, -0.15) is 5.10 Å². The number of rotatable bonds is 5. The lowest BCUT2D eigenvalue weighted by molar-refractivity contribution is 0.153. The maximum Gasteiger partial charge on any atom is 0.407 e. The average Bonchev–Trinajstić information content (AvgIpc) is 3.06. The molecule has 0 aliphatic carbocycles. The zero-order valence-electron chi connectivity index (χ0n) is 14.2. The summed E-state index contributed by atoms with van der Waals surface area (Å²) in [6.07, 6.45) is -0.979. The van der Waals surface area contributed by atoms with Crippen LogP contribution in [0.5, 0.6) is 0 Å². The second kappa shape index (κ2) is 7.09. The van der Waals surface area contributed by atoms with E-state index in [1.165, 1.54) is 11.9 Å². The average molecular weight is 336 g/mol. The summed E-state index contributed by atoms with van der Waals surface area (Å²) in [5.41, 5.74) is 2.63. The predicted octanol–water partition coefficient (Wildman–Crippen LogP) is 3.75. The highest BCUT2D eigenvalue weighted by Gasteiger charge is 2.17. The van der Waals surface area contributed by atoms with Crippen molar-refractivity contribution in [1.29, 1.82) is 0 Å². The van der Waals surface area contributed by atoms with E-state index in [4.69, 9.17) is 5.11 Å². The molecule has 0 bridgehead atoms. The summed E-state index contributed by atoms with van der Waals surface area (Å²) < 4.78 is 1.83. The molecule has 0 saturated heterocycles. The molecule has 0 radical (unpaired) electrons. The Kier molecular flexibility index (Phi) is 4.70. The number of nitrogens with zero attached hydrogens (tertiary/aromatic N) is 4. The lowest BCUT2D eigenvalue weighted by Crippen LogP contribution is -2.24. The molecule has 0 spiro atoms. The quantitative estimate of drug-likeness (QED) is 0.771. The van der Waals surface area contributed by atoms with Crippen molar-refractivity contribution in [3.63, 3.8) is 0 Å². The Morgan fingerprint density at radius 3 is 2.24 bits per heavy atom. The minimum Gasteiger partial charge on any atom is -0.465 e. The van der Waals surface area contributed by atoms with Gasteiger partial charge in [-0.15, -0.1) is 0 Å². The van der Waals surface area contributed by atoms with Crippen molar-refractivity contribution < 1.29 is 9.90 Å². The Morgan fingerprint density at radius 2 is 1.64 bits per heavy atom. The van der Waals surface area contributed by atoms with Gasteiger partial charge in [0.15, 0.2) is 0 Å². The van der Waals surface area contributed by atoms with Crippen LogP contribution in [0.3, 0.4) is 0 Å². The zero-order chi connectivity index (χ0) is 17.8. The normalized spacial score (nSPS) is 10.5. The van der Waals surface area contributed by atoms with Gasteiger partial charge >= 0.3 is 6.09 Å². The maximum absolute atomic E-state index is 11.1. The first-order valence-electron chi connectivity index (χ1n) is 7.93. The number of benzene rings is 2. The van der Waals surface area contributed by atoms with Gasteiger partial charge in [-0.25, -0.2) is 9.48 Å². The molecule has 128 valence electrons. The molecule has 6 nitrogen and oxygen atoms in total. The lowest BCUT2D eigenvalue weighted by atomic mass is 10.3. The molecule has 2 aromatic carbocycles. The molecule has 0 atom stereocenters.